The average Bonchev–Trinajstić information content (AvgIpc) is 3.24. The molecule has 0 aromatic carbocycles. The summed E-state index contributed by atoms with van der Waals surface area (Å²) < 4.78 is 11.0. The van der Waals surface area contributed by atoms with Gasteiger partial charge in [-0.3, -0.25) is 9.88 Å². The van der Waals surface area contributed by atoms with Crippen molar-refractivity contribution in [1.29, 1.82) is 0 Å². The van der Waals surface area contributed by atoms with Crippen LogP contribution in [0.2, 0.25) is 0 Å². The monoisotopic (exact) mass is 343 g/mol. The molecule has 0 bridgehead atoms. The van der Waals surface area contributed by atoms with Crippen LogP contribution in [0.25, 0.3) is 0 Å². The lowest BCUT2D eigenvalue weighted by atomic mass is 10.2. The molecular weight excluding hydrogens is 318 g/mol. The molecular formula is C18H25N5O2. The van der Waals surface area contributed by atoms with Crippen molar-refractivity contribution in [2.45, 2.75) is 38.8 Å². The first-order valence-electron chi connectivity index (χ1n) is 9.12. The molecule has 2 saturated heterocycles. The molecule has 0 amide bonds. The van der Waals surface area contributed by atoms with Gasteiger partial charge in [-0.1, -0.05) is 5.16 Å². The summed E-state index contributed by atoms with van der Waals surface area (Å²) in [6, 6.07) is 4.25. The molecule has 1 atom stereocenters. The first-order chi connectivity index (χ1) is 12.3. The van der Waals surface area contributed by atoms with Gasteiger partial charge in [0, 0.05) is 50.4 Å². The molecule has 0 radical (unpaired) electrons. The van der Waals surface area contributed by atoms with Crippen molar-refractivity contribution in [1.82, 2.24) is 20.0 Å². The summed E-state index contributed by atoms with van der Waals surface area (Å²) >= 11 is 0. The largest absolute Gasteiger partial charge is 0.370 e. The van der Waals surface area contributed by atoms with E-state index in [1.54, 1.807) is 0 Å². The number of ether oxygens (including phenoxy) is 1. The number of hydrogen-bond acceptors (Lipinski definition) is 7. The summed E-state index contributed by atoms with van der Waals surface area (Å²) in [7, 11) is 0. The van der Waals surface area contributed by atoms with Gasteiger partial charge in [0.05, 0.1) is 6.54 Å². The van der Waals surface area contributed by atoms with Gasteiger partial charge in [0.1, 0.15) is 6.10 Å². The second-order valence-corrected chi connectivity index (χ2v) is 6.82. The fourth-order valence-electron chi connectivity index (χ4n) is 3.55. The first kappa shape index (κ1) is 16.5. The molecule has 2 aliphatic rings. The molecule has 2 aromatic rings. The van der Waals surface area contributed by atoms with Crippen LogP contribution >= 0.6 is 0 Å². The fraction of sp³-hybridized carbons (Fsp3) is 0.611. The van der Waals surface area contributed by atoms with Crippen LogP contribution in [0.15, 0.2) is 22.9 Å². The first-order valence-corrected chi connectivity index (χ1v) is 9.12. The zero-order valence-corrected chi connectivity index (χ0v) is 14.7. The normalized spacial score (nSPS) is 22.3. The lowest BCUT2D eigenvalue weighted by Crippen LogP contribution is -2.30. The molecule has 0 unspecified atom stereocenters. The van der Waals surface area contributed by atoms with Crippen LogP contribution in [0.1, 0.15) is 42.8 Å². The van der Waals surface area contributed by atoms with Crippen LogP contribution in [0, 0.1) is 6.92 Å². The Labute approximate surface area is 148 Å². The lowest BCUT2D eigenvalue weighted by Gasteiger charge is -2.23. The van der Waals surface area contributed by atoms with E-state index in [4.69, 9.17) is 9.26 Å². The minimum Gasteiger partial charge on any atom is -0.370 e. The summed E-state index contributed by atoms with van der Waals surface area (Å²) in [6.45, 7) is 7.66. The molecule has 2 fully saturated rings. The van der Waals surface area contributed by atoms with E-state index < -0.39 is 0 Å². The van der Waals surface area contributed by atoms with Crippen LogP contribution in [0.4, 0.5) is 5.69 Å². The Morgan fingerprint density at radius 2 is 2.16 bits per heavy atom. The number of aromatic nitrogens is 3. The van der Waals surface area contributed by atoms with Crippen LogP contribution in [0.3, 0.4) is 0 Å². The predicted molar refractivity (Wildman–Crippen MR) is 93.3 cm³/mol. The van der Waals surface area contributed by atoms with Gasteiger partial charge in [0.15, 0.2) is 5.82 Å². The van der Waals surface area contributed by atoms with Gasteiger partial charge >= 0.3 is 0 Å². The molecule has 0 saturated carbocycles. The van der Waals surface area contributed by atoms with E-state index in [1.807, 2.05) is 13.1 Å². The van der Waals surface area contributed by atoms with Crippen molar-refractivity contribution in [2.75, 3.05) is 37.7 Å². The van der Waals surface area contributed by atoms with E-state index in [1.165, 1.54) is 5.69 Å². The Morgan fingerprint density at radius 3 is 3.00 bits per heavy atom. The highest BCUT2D eigenvalue weighted by Gasteiger charge is 2.24. The van der Waals surface area contributed by atoms with Gasteiger partial charge in [-0.05, 0) is 38.3 Å². The molecule has 2 aromatic heterocycles. The molecule has 134 valence electrons. The van der Waals surface area contributed by atoms with Crippen LogP contribution < -0.4 is 4.90 Å². The number of pyridine rings is 1. The average molecular weight is 343 g/mol. The zero-order valence-electron chi connectivity index (χ0n) is 14.7. The number of aryl methyl sites for hydroxylation is 1. The van der Waals surface area contributed by atoms with Crippen LogP contribution in [-0.4, -0.2) is 52.8 Å². The van der Waals surface area contributed by atoms with Gasteiger partial charge in [-0.25, -0.2) is 0 Å². The highest BCUT2D eigenvalue weighted by Crippen LogP contribution is 2.27. The molecule has 25 heavy (non-hydrogen) atoms. The maximum atomic E-state index is 5.61. The van der Waals surface area contributed by atoms with E-state index in [-0.39, 0.29) is 6.10 Å². The molecule has 7 nitrogen and oxygen atoms in total. The molecule has 7 heteroatoms. The minimum atomic E-state index is -0.00388. The Kier molecular flexibility index (Phi) is 4.94. The summed E-state index contributed by atoms with van der Waals surface area (Å²) in [6.07, 6.45) is 5.05. The van der Waals surface area contributed by atoms with E-state index in [9.17, 15) is 0 Å². The van der Waals surface area contributed by atoms with Gasteiger partial charge < -0.3 is 14.2 Å². The fourth-order valence-corrected chi connectivity index (χ4v) is 3.55. The Bertz CT molecular complexity index is 698. The van der Waals surface area contributed by atoms with E-state index in [0.717, 1.165) is 70.1 Å². The summed E-state index contributed by atoms with van der Waals surface area (Å²) in [5, 5.41) is 4.14. The van der Waals surface area contributed by atoms with E-state index in [2.05, 4.69) is 37.1 Å². The molecule has 2 aliphatic heterocycles. The van der Waals surface area contributed by atoms with Gasteiger partial charge in [0.2, 0.25) is 0 Å². The van der Waals surface area contributed by atoms with Crippen LogP contribution in [0.5, 0.6) is 0 Å². The smallest absolute Gasteiger partial charge is 0.255 e. The number of hydrogen-bond donors (Lipinski definition) is 0. The molecule has 4 rings (SSSR count). The molecule has 4 heterocycles. The standard InChI is InChI=1S/C18H25N5O2/c1-14-12-15(5-6-19-14)23-8-3-7-22(9-10-23)13-17-20-18(25-21-17)16-4-2-11-24-16/h5-6,12,16H,2-4,7-11,13H2,1H3/t16-/m0/s1. The third-order valence-electron chi connectivity index (χ3n) is 4.89. The highest BCUT2D eigenvalue weighted by molar-refractivity contribution is 5.46. The molecule has 0 N–H and O–H groups in total. The van der Waals surface area contributed by atoms with Crippen molar-refractivity contribution in [3.8, 4) is 0 Å². The van der Waals surface area contributed by atoms with E-state index in [0.29, 0.717) is 5.89 Å². The Morgan fingerprint density at radius 1 is 1.20 bits per heavy atom. The quantitative estimate of drug-likeness (QED) is 0.844. The van der Waals surface area contributed by atoms with Crippen molar-refractivity contribution in [2.24, 2.45) is 0 Å². The molecule has 0 spiro atoms. The Balaban J connectivity index is 1.35. The lowest BCUT2D eigenvalue weighted by molar-refractivity contribution is 0.0835. The number of anilines is 1. The Hall–Kier alpha value is -1.99. The zero-order chi connectivity index (χ0) is 17.1. The van der Waals surface area contributed by atoms with E-state index >= 15 is 0 Å². The SMILES string of the molecule is Cc1cc(N2CCCN(Cc3noc([C@@H]4CCCO4)n3)CC2)ccn1. The van der Waals surface area contributed by atoms with Crippen molar-refractivity contribution < 1.29 is 9.26 Å². The maximum absolute atomic E-state index is 5.61. The van der Waals surface area contributed by atoms with Crippen molar-refractivity contribution in [3.05, 3.63) is 35.7 Å². The topological polar surface area (TPSA) is 67.5 Å². The van der Waals surface area contributed by atoms with Crippen molar-refractivity contribution in [3.63, 3.8) is 0 Å². The summed E-state index contributed by atoms with van der Waals surface area (Å²) in [5.41, 5.74) is 2.32. The number of rotatable bonds is 4. The number of nitrogens with zero attached hydrogens (tertiary/aromatic N) is 5. The van der Waals surface area contributed by atoms with Gasteiger partial charge in [-0.15, -0.1) is 0 Å². The second-order valence-electron chi connectivity index (χ2n) is 6.82. The maximum Gasteiger partial charge on any atom is 0.255 e. The summed E-state index contributed by atoms with van der Waals surface area (Å²) in [4.78, 5) is 13.7. The van der Waals surface area contributed by atoms with Crippen LogP contribution in [-0.2, 0) is 11.3 Å². The third-order valence-corrected chi connectivity index (χ3v) is 4.89. The minimum absolute atomic E-state index is 0.00388. The third kappa shape index (κ3) is 3.99. The van der Waals surface area contributed by atoms with Crippen molar-refractivity contribution >= 4 is 5.69 Å². The van der Waals surface area contributed by atoms with Gasteiger partial charge in [0.25, 0.3) is 5.89 Å². The predicted octanol–water partition coefficient (Wildman–Crippen LogP) is 2.34. The van der Waals surface area contributed by atoms with Gasteiger partial charge in [-0.2, -0.15) is 4.98 Å². The highest BCUT2D eigenvalue weighted by atomic mass is 16.5. The summed E-state index contributed by atoms with van der Waals surface area (Å²) in [5.74, 6) is 1.40. The second kappa shape index (κ2) is 7.49. The molecule has 0 aliphatic carbocycles.